The molecular weight excluding hydrogens is 230 g/mol. The van der Waals surface area contributed by atoms with Crippen LogP contribution in [0.15, 0.2) is 30.6 Å². The van der Waals surface area contributed by atoms with Gasteiger partial charge in [-0.25, -0.2) is 0 Å². The molecule has 2 aromatic rings. The molecule has 18 heavy (non-hydrogen) atoms. The minimum Gasteiger partial charge on any atom is -0.476 e. The van der Waals surface area contributed by atoms with E-state index >= 15 is 0 Å². The van der Waals surface area contributed by atoms with Crippen LogP contribution in [-0.4, -0.2) is 16.6 Å². The fraction of sp³-hybridized carbons (Fsp3) is 0.231. The van der Waals surface area contributed by atoms with Gasteiger partial charge in [0, 0.05) is 0 Å². The first kappa shape index (κ1) is 12.2. The van der Waals surface area contributed by atoms with E-state index < -0.39 is 0 Å². The molecule has 1 aromatic carbocycles. The molecule has 0 aliphatic carbocycles. The Morgan fingerprint density at radius 2 is 1.78 bits per heavy atom. The molecule has 0 saturated carbocycles. The molecule has 0 unspecified atom stereocenters. The topological polar surface area (TPSA) is 70.3 Å². The van der Waals surface area contributed by atoms with Crippen molar-refractivity contribution in [1.29, 1.82) is 0 Å². The van der Waals surface area contributed by atoms with Gasteiger partial charge in [0.25, 0.3) is 0 Å². The zero-order chi connectivity index (χ0) is 13.0. The number of nitrogens with zero attached hydrogens (tertiary/aromatic N) is 2. The van der Waals surface area contributed by atoms with Gasteiger partial charge in [-0.3, -0.25) is 0 Å². The lowest BCUT2D eigenvalue weighted by Crippen LogP contribution is -2.02. The summed E-state index contributed by atoms with van der Waals surface area (Å²) >= 11 is 0. The van der Waals surface area contributed by atoms with Crippen molar-refractivity contribution < 1.29 is 9.47 Å². The number of nitrogens with two attached hydrogens (primary N) is 1. The van der Waals surface area contributed by atoms with Crippen LogP contribution in [0, 0.1) is 6.92 Å². The fourth-order valence-electron chi connectivity index (χ4n) is 1.42. The summed E-state index contributed by atoms with van der Waals surface area (Å²) in [6, 6.07) is 7.63. The molecule has 5 heteroatoms. The van der Waals surface area contributed by atoms with Gasteiger partial charge in [0.05, 0.1) is 6.61 Å². The number of ether oxygens (including phenoxy) is 2. The van der Waals surface area contributed by atoms with Crippen molar-refractivity contribution in [3.63, 3.8) is 0 Å². The first-order valence-electron chi connectivity index (χ1n) is 5.68. The quantitative estimate of drug-likeness (QED) is 0.896. The van der Waals surface area contributed by atoms with Gasteiger partial charge in [0.15, 0.2) is 5.69 Å². The highest BCUT2D eigenvalue weighted by Crippen LogP contribution is 2.30. The summed E-state index contributed by atoms with van der Waals surface area (Å²) in [5, 5.41) is 0. The van der Waals surface area contributed by atoms with Crippen LogP contribution in [-0.2, 0) is 0 Å². The number of benzene rings is 1. The van der Waals surface area contributed by atoms with Gasteiger partial charge in [-0.15, -0.1) is 0 Å². The maximum Gasteiger partial charge on any atom is 0.249 e. The summed E-state index contributed by atoms with van der Waals surface area (Å²) in [6.45, 7) is 4.36. The zero-order valence-corrected chi connectivity index (χ0v) is 10.4. The van der Waals surface area contributed by atoms with Gasteiger partial charge in [0.1, 0.15) is 12.1 Å². The standard InChI is InChI=1S/C13H15N3O2/c1-3-17-12-11(14)13(16-8-15-12)18-10-6-4-9(2)5-7-10/h4-8H,3,14H2,1-2H3. The molecule has 2 N–H and O–H groups in total. The van der Waals surface area contributed by atoms with Crippen LogP contribution in [0.4, 0.5) is 5.69 Å². The maximum absolute atomic E-state index is 5.87. The molecule has 2 rings (SSSR count). The lowest BCUT2D eigenvalue weighted by Gasteiger charge is -2.10. The molecule has 0 amide bonds. The number of hydrogen-bond donors (Lipinski definition) is 1. The fourth-order valence-corrected chi connectivity index (χ4v) is 1.42. The van der Waals surface area contributed by atoms with E-state index in [-0.39, 0.29) is 0 Å². The number of aryl methyl sites for hydroxylation is 1. The largest absolute Gasteiger partial charge is 0.476 e. The molecule has 0 aliphatic heterocycles. The minimum atomic E-state index is 0.303. The third-order valence-electron chi connectivity index (χ3n) is 2.33. The molecule has 0 aliphatic rings. The van der Waals surface area contributed by atoms with Crippen LogP contribution >= 0.6 is 0 Å². The lowest BCUT2D eigenvalue weighted by molar-refractivity contribution is 0.325. The summed E-state index contributed by atoms with van der Waals surface area (Å²) in [4.78, 5) is 7.95. The highest BCUT2D eigenvalue weighted by Gasteiger charge is 2.10. The van der Waals surface area contributed by atoms with Crippen molar-refractivity contribution in [3.8, 4) is 17.5 Å². The second-order valence-electron chi connectivity index (χ2n) is 3.75. The van der Waals surface area contributed by atoms with Crippen LogP contribution in [0.2, 0.25) is 0 Å². The van der Waals surface area contributed by atoms with E-state index in [0.29, 0.717) is 29.8 Å². The number of hydrogen-bond acceptors (Lipinski definition) is 5. The Hall–Kier alpha value is -2.30. The molecule has 1 aromatic heterocycles. The molecule has 0 radical (unpaired) electrons. The Balaban J connectivity index is 2.23. The molecule has 0 bridgehead atoms. The molecule has 94 valence electrons. The first-order valence-corrected chi connectivity index (χ1v) is 5.68. The third-order valence-corrected chi connectivity index (χ3v) is 2.33. The van der Waals surface area contributed by atoms with Crippen molar-refractivity contribution in [2.45, 2.75) is 13.8 Å². The van der Waals surface area contributed by atoms with E-state index in [9.17, 15) is 0 Å². The predicted octanol–water partition coefficient (Wildman–Crippen LogP) is 2.56. The Morgan fingerprint density at radius 1 is 1.11 bits per heavy atom. The minimum absolute atomic E-state index is 0.303. The summed E-state index contributed by atoms with van der Waals surface area (Å²) in [5.74, 6) is 1.32. The number of anilines is 1. The number of aromatic nitrogens is 2. The van der Waals surface area contributed by atoms with Gasteiger partial charge in [-0.2, -0.15) is 9.97 Å². The normalized spacial score (nSPS) is 10.1. The van der Waals surface area contributed by atoms with Crippen molar-refractivity contribution in [1.82, 2.24) is 9.97 Å². The first-order chi connectivity index (χ1) is 8.70. The summed E-state index contributed by atoms with van der Waals surface area (Å²) in [5.41, 5.74) is 7.34. The summed E-state index contributed by atoms with van der Waals surface area (Å²) in [6.07, 6.45) is 1.37. The average Bonchev–Trinajstić information content (AvgIpc) is 2.37. The van der Waals surface area contributed by atoms with E-state index in [1.54, 1.807) is 0 Å². The highest BCUT2D eigenvalue weighted by atomic mass is 16.5. The van der Waals surface area contributed by atoms with E-state index in [0.717, 1.165) is 5.56 Å². The Bertz CT molecular complexity index is 526. The van der Waals surface area contributed by atoms with E-state index in [2.05, 4.69) is 9.97 Å². The van der Waals surface area contributed by atoms with E-state index in [4.69, 9.17) is 15.2 Å². The van der Waals surface area contributed by atoms with Gasteiger partial charge in [-0.05, 0) is 26.0 Å². The molecule has 0 spiro atoms. The maximum atomic E-state index is 5.87. The number of nitrogen functional groups attached to an aromatic ring is 1. The van der Waals surface area contributed by atoms with Gasteiger partial charge in [0.2, 0.25) is 11.8 Å². The SMILES string of the molecule is CCOc1ncnc(Oc2ccc(C)cc2)c1N. The Morgan fingerprint density at radius 3 is 2.44 bits per heavy atom. The van der Waals surface area contributed by atoms with Crippen LogP contribution in [0.5, 0.6) is 17.5 Å². The smallest absolute Gasteiger partial charge is 0.249 e. The van der Waals surface area contributed by atoms with Crippen LogP contribution in [0.1, 0.15) is 12.5 Å². The van der Waals surface area contributed by atoms with Crippen LogP contribution in [0.25, 0.3) is 0 Å². The van der Waals surface area contributed by atoms with Gasteiger partial charge >= 0.3 is 0 Å². The molecule has 5 nitrogen and oxygen atoms in total. The Kier molecular flexibility index (Phi) is 3.62. The molecule has 0 fully saturated rings. The highest BCUT2D eigenvalue weighted by molar-refractivity contribution is 5.56. The lowest BCUT2D eigenvalue weighted by atomic mass is 10.2. The van der Waals surface area contributed by atoms with Crippen LogP contribution < -0.4 is 15.2 Å². The Labute approximate surface area is 106 Å². The molecule has 1 heterocycles. The molecule has 0 saturated heterocycles. The monoisotopic (exact) mass is 245 g/mol. The van der Waals surface area contributed by atoms with E-state index in [1.165, 1.54) is 6.33 Å². The van der Waals surface area contributed by atoms with Crippen molar-refractivity contribution in [2.75, 3.05) is 12.3 Å². The zero-order valence-electron chi connectivity index (χ0n) is 10.4. The predicted molar refractivity (Wildman–Crippen MR) is 68.9 cm³/mol. The van der Waals surface area contributed by atoms with Crippen molar-refractivity contribution in [3.05, 3.63) is 36.2 Å². The van der Waals surface area contributed by atoms with Crippen molar-refractivity contribution >= 4 is 5.69 Å². The molecular formula is C13H15N3O2. The summed E-state index contributed by atoms with van der Waals surface area (Å²) in [7, 11) is 0. The van der Waals surface area contributed by atoms with Crippen LogP contribution in [0.3, 0.4) is 0 Å². The second-order valence-corrected chi connectivity index (χ2v) is 3.75. The second kappa shape index (κ2) is 5.35. The van der Waals surface area contributed by atoms with E-state index in [1.807, 2.05) is 38.1 Å². The van der Waals surface area contributed by atoms with Crippen molar-refractivity contribution in [2.24, 2.45) is 0 Å². The third kappa shape index (κ3) is 2.68. The average molecular weight is 245 g/mol. The van der Waals surface area contributed by atoms with Gasteiger partial charge < -0.3 is 15.2 Å². The number of rotatable bonds is 4. The van der Waals surface area contributed by atoms with Gasteiger partial charge in [-0.1, -0.05) is 17.7 Å². The molecule has 0 atom stereocenters. The summed E-state index contributed by atoms with van der Waals surface area (Å²) < 4.78 is 10.9.